The Morgan fingerprint density at radius 3 is 2.79 bits per heavy atom. The first-order valence-corrected chi connectivity index (χ1v) is 7.88. The maximum absolute atomic E-state index is 12.3. The molecule has 2 aromatic rings. The quantitative estimate of drug-likeness (QED) is 0.911. The second kappa shape index (κ2) is 6.70. The molecule has 6 nitrogen and oxygen atoms in total. The Labute approximate surface area is 140 Å². The number of aryl methyl sites for hydroxylation is 2. The van der Waals surface area contributed by atoms with E-state index in [4.69, 9.17) is 0 Å². The van der Waals surface area contributed by atoms with Gasteiger partial charge in [-0.1, -0.05) is 6.07 Å². The number of carbonyl (C=O) groups is 2. The monoisotopic (exact) mass is 324 g/mol. The SMILES string of the molecule is Cc1ccc(N2C[C@@H](NC(=O)Nc3cccnc3)CC2=O)cc1C. The Bertz CT molecular complexity index is 761. The number of rotatable bonds is 3. The molecule has 1 aromatic heterocycles. The number of hydrogen-bond donors (Lipinski definition) is 2. The summed E-state index contributed by atoms with van der Waals surface area (Å²) in [5, 5.41) is 5.56. The lowest BCUT2D eigenvalue weighted by molar-refractivity contribution is -0.117. The van der Waals surface area contributed by atoms with Gasteiger partial charge in [0.25, 0.3) is 0 Å². The summed E-state index contributed by atoms with van der Waals surface area (Å²) in [6.07, 6.45) is 3.51. The summed E-state index contributed by atoms with van der Waals surface area (Å²) in [5.74, 6) is 0.0185. The highest BCUT2D eigenvalue weighted by molar-refractivity contribution is 5.97. The summed E-state index contributed by atoms with van der Waals surface area (Å²) < 4.78 is 0. The molecule has 1 fully saturated rings. The Hall–Kier alpha value is -2.89. The molecular weight excluding hydrogens is 304 g/mol. The molecule has 3 amide bonds. The van der Waals surface area contributed by atoms with Gasteiger partial charge in [0, 0.05) is 24.8 Å². The number of amides is 3. The highest BCUT2D eigenvalue weighted by atomic mass is 16.2. The van der Waals surface area contributed by atoms with Crippen LogP contribution in [0.3, 0.4) is 0 Å². The highest BCUT2D eigenvalue weighted by Crippen LogP contribution is 2.24. The van der Waals surface area contributed by atoms with E-state index in [2.05, 4.69) is 15.6 Å². The van der Waals surface area contributed by atoms with Crippen molar-refractivity contribution in [2.45, 2.75) is 26.3 Å². The molecule has 0 spiro atoms. The number of benzene rings is 1. The summed E-state index contributed by atoms with van der Waals surface area (Å²) in [6.45, 7) is 4.54. The second-order valence-electron chi connectivity index (χ2n) is 6.01. The summed E-state index contributed by atoms with van der Waals surface area (Å²) in [4.78, 5) is 30.0. The van der Waals surface area contributed by atoms with Crippen LogP contribution >= 0.6 is 0 Å². The fourth-order valence-electron chi connectivity index (χ4n) is 2.74. The maximum Gasteiger partial charge on any atom is 0.319 e. The van der Waals surface area contributed by atoms with E-state index >= 15 is 0 Å². The number of nitrogens with zero attached hydrogens (tertiary/aromatic N) is 2. The Kier molecular flexibility index (Phi) is 4.46. The van der Waals surface area contributed by atoms with Crippen molar-refractivity contribution in [1.29, 1.82) is 0 Å². The van der Waals surface area contributed by atoms with Gasteiger partial charge in [0.05, 0.1) is 17.9 Å². The molecule has 3 rings (SSSR count). The molecule has 1 saturated heterocycles. The fraction of sp³-hybridized carbons (Fsp3) is 0.278. The average molecular weight is 324 g/mol. The topological polar surface area (TPSA) is 74.3 Å². The largest absolute Gasteiger partial charge is 0.333 e. The van der Waals surface area contributed by atoms with Crippen molar-refractivity contribution in [3.63, 3.8) is 0 Å². The van der Waals surface area contributed by atoms with E-state index < -0.39 is 0 Å². The molecule has 0 unspecified atom stereocenters. The van der Waals surface area contributed by atoms with Gasteiger partial charge in [-0.3, -0.25) is 9.78 Å². The summed E-state index contributed by atoms with van der Waals surface area (Å²) in [5.41, 5.74) is 3.83. The van der Waals surface area contributed by atoms with Crippen molar-refractivity contribution in [2.75, 3.05) is 16.8 Å². The van der Waals surface area contributed by atoms with Crippen LogP contribution in [0.4, 0.5) is 16.2 Å². The van der Waals surface area contributed by atoms with Gasteiger partial charge in [-0.15, -0.1) is 0 Å². The van der Waals surface area contributed by atoms with Crippen molar-refractivity contribution in [3.8, 4) is 0 Å². The zero-order valence-electron chi connectivity index (χ0n) is 13.7. The van der Waals surface area contributed by atoms with Gasteiger partial charge in [-0.25, -0.2) is 4.79 Å². The molecule has 1 aliphatic rings. The summed E-state index contributed by atoms with van der Waals surface area (Å²) >= 11 is 0. The molecule has 124 valence electrons. The third-order valence-corrected chi connectivity index (χ3v) is 4.18. The maximum atomic E-state index is 12.3. The van der Waals surface area contributed by atoms with Gasteiger partial charge in [0.15, 0.2) is 0 Å². The molecular formula is C18H20N4O2. The number of urea groups is 1. The van der Waals surface area contributed by atoms with Gasteiger partial charge in [0.1, 0.15) is 0 Å². The lowest BCUT2D eigenvalue weighted by Crippen LogP contribution is -2.39. The summed E-state index contributed by atoms with van der Waals surface area (Å²) in [6, 6.07) is 8.92. The minimum absolute atomic E-state index is 0.0185. The number of carbonyl (C=O) groups excluding carboxylic acids is 2. The molecule has 0 radical (unpaired) electrons. The van der Waals surface area contributed by atoms with Crippen molar-refractivity contribution in [2.24, 2.45) is 0 Å². The summed E-state index contributed by atoms with van der Waals surface area (Å²) in [7, 11) is 0. The Morgan fingerprint density at radius 1 is 1.25 bits per heavy atom. The van der Waals surface area contributed by atoms with Crippen LogP contribution in [-0.4, -0.2) is 29.5 Å². The molecule has 0 saturated carbocycles. The fourth-order valence-corrected chi connectivity index (χ4v) is 2.74. The van der Waals surface area contributed by atoms with Crippen molar-refractivity contribution >= 4 is 23.3 Å². The van der Waals surface area contributed by atoms with E-state index in [1.54, 1.807) is 29.4 Å². The predicted molar refractivity (Wildman–Crippen MR) is 93.1 cm³/mol. The number of pyridine rings is 1. The van der Waals surface area contributed by atoms with E-state index in [1.165, 1.54) is 5.56 Å². The van der Waals surface area contributed by atoms with E-state index in [0.29, 0.717) is 18.7 Å². The third-order valence-electron chi connectivity index (χ3n) is 4.18. The first kappa shape index (κ1) is 16.0. The molecule has 2 N–H and O–H groups in total. The Balaban J connectivity index is 1.62. The second-order valence-corrected chi connectivity index (χ2v) is 6.01. The highest BCUT2D eigenvalue weighted by Gasteiger charge is 2.31. The number of nitrogens with one attached hydrogen (secondary N) is 2. The van der Waals surface area contributed by atoms with Crippen molar-refractivity contribution in [1.82, 2.24) is 10.3 Å². The van der Waals surface area contributed by atoms with Gasteiger partial charge >= 0.3 is 6.03 Å². The van der Waals surface area contributed by atoms with Crippen LogP contribution in [0.2, 0.25) is 0 Å². The van der Waals surface area contributed by atoms with Crippen LogP contribution in [0.15, 0.2) is 42.7 Å². The molecule has 1 aliphatic heterocycles. The van der Waals surface area contributed by atoms with Crippen LogP contribution in [0.5, 0.6) is 0 Å². The molecule has 0 aliphatic carbocycles. The van der Waals surface area contributed by atoms with Gasteiger partial charge in [-0.05, 0) is 49.2 Å². The minimum atomic E-state index is -0.331. The normalized spacial score (nSPS) is 17.0. The molecule has 24 heavy (non-hydrogen) atoms. The first-order chi connectivity index (χ1) is 11.5. The van der Waals surface area contributed by atoms with Gasteiger partial charge in [0.2, 0.25) is 5.91 Å². The van der Waals surface area contributed by atoms with Crippen LogP contribution < -0.4 is 15.5 Å². The van der Waals surface area contributed by atoms with Crippen LogP contribution in [0.1, 0.15) is 17.5 Å². The number of anilines is 2. The minimum Gasteiger partial charge on any atom is -0.333 e. The standard InChI is InChI=1S/C18H20N4O2/c1-12-5-6-16(8-13(12)2)22-11-15(9-17(22)23)21-18(24)20-14-4-3-7-19-10-14/h3-8,10,15H,9,11H2,1-2H3,(H2,20,21,24)/t15-/m0/s1. The zero-order valence-corrected chi connectivity index (χ0v) is 13.7. The van der Waals surface area contributed by atoms with E-state index in [-0.39, 0.29) is 18.0 Å². The molecule has 0 bridgehead atoms. The van der Waals surface area contributed by atoms with E-state index in [1.807, 2.05) is 32.0 Å². The Morgan fingerprint density at radius 2 is 2.08 bits per heavy atom. The zero-order chi connectivity index (χ0) is 17.1. The van der Waals surface area contributed by atoms with Crippen LogP contribution in [0, 0.1) is 13.8 Å². The molecule has 2 heterocycles. The number of aromatic nitrogens is 1. The third kappa shape index (κ3) is 3.53. The first-order valence-electron chi connectivity index (χ1n) is 7.88. The molecule has 6 heteroatoms. The van der Waals surface area contributed by atoms with Crippen molar-refractivity contribution < 1.29 is 9.59 Å². The number of hydrogen-bond acceptors (Lipinski definition) is 3. The lowest BCUT2D eigenvalue weighted by Gasteiger charge is -2.18. The van der Waals surface area contributed by atoms with Gasteiger partial charge < -0.3 is 15.5 Å². The molecule has 1 aromatic carbocycles. The lowest BCUT2D eigenvalue weighted by atomic mass is 10.1. The predicted octanol–water partition coefficient (Wildman–Crippen LogP) is 2.63. The van der Waals surface area contributed by atoms with E-state index in [9.17, 15) is 9.59 Å². The van der Waals surface area contributed by atoms with Crippen LogP contribution in [-0.2, 0) is 4.79 Å². The van der Waals surface area contributed by atoms with Gasteiger partial charge in [-0.2, -0.15) is 0 Å². The molecule has 1 atom stereocenters. The smallest absolute Gasteiger partial charge is 0.319 e. The average Bonchev–Trinajstić information content (AvgIpc) is 2.91. The van der Waals surface area contributed by atoms with E-state index in [0.717, 1.165) is 11.3 Å². The van der Waals surface area contributed by atoms with Crippen LogP contribution in [0.25, 0.3) is 0 Å². The van der Waals surface area contributed by atoms with Crippen molar-refractivity contribution in [3.05, 3.63) is 53.9 Å².